The number of cyclic esters (lactones) is 1. The highest BCUT2D eigenvalue weighted by molar-refractivity contribution is 6.74. The first-order valence-corrected chi connectivity index (χ1v) is 20.3. The van der Waals surface area contributed by atoms with Crippen LogP contribution in [0.3, 0.4) is 0 Å². The van der Waals surface area contributed by atoms with Gasteiger partial charge in [-0.25, -0.2) is 9.69 Å². The summed E-state index contributed by atoms with van der Waals surface area (Å²) >= 11 is 0. The van der Waals surface area contributed by atoms with E-state index in [0.717, 1.165) is 22.3 Å². The highest BCUT2D eigenvalue weighted by Crippen LogP contribution is 2.43. The van der Waals surface area contributed by atoms with Gasteiger partial charge in [-0.15, -0.1) is 0 Å². The molecule has 0 unspecified atom stereocenters. The zero-order valence-electron chi connectivity index (χ0n) is 30.0. The van der Waals surface area contributed by atoms with Crippen molar-refractivity contribution in [2.75, 3.05) is 13.2 Å². The third-order valence-corrected chi connectivity index (χ3v) is 14.8. The van der Waals surface area contributed by atoms with Gasteiger partial charge >= 0.3 is 6.09 Å². The molecular weight excluding hydrogens is 627 g/mol. The molecule has 0 N–H and O–H groups in total. The first kappa shape index (κ1) is 36.2. The molecule has 6 nitrogen and oxygen atoms in total. The summed E-state index contributed by atoms with van der Waals surface area (Å²) in [6.07, 6.45) is -0.575. The van der Waals surface area contributed by atoms with E-state index in [1.54, 1.807) is 0 Å². The molecule has 5 rings (SSSR count). The summed E-state index contributed by atoms with van der Waals surface area (Å²) < 4.78 is 19.8. The predicted octanol–water partition coefficient (Wildman–Crippen LogP) is 9.25. The van der Waals surface area contributed by atoms with Crippen LogP contribution >= 0.6 is 0 Å². The standard InChI is InChI=1S/C42H51NO5Si/c1-31(29-47-42(34-22-14-9-15-23-34,35-24-16-10-17-25-35)36-26-18-11-19-27-36)38(48-49(6,7)41(3,4)5)32(2)39(44)43-37(30-46-40(43)45)28-33-20-12-8-13-21-33/h8-27,31-32,37-38H,28-30H2,1-7H3/t31-,32-,37-,38+/m0/s1. The molecule has 4 atom stereocenters. The Labute approximate surface area is 293 Å². The predicted molar refractivity (Wildman–Crippen MR) is 198 cm³/mol. The number of rotatable bonds is 13. The monoisotopic (exact) mass is 677 g/mol. The molecule has 4 aromatic carbocycles. The van der Waals surface area contributed by atoms with Crippen LogP contribution in [-0.2, 0) is 30.7 Å². The van der Waals surface area contributed by atoms with Gasteiger partial charge in [0.2, 0.25) is 5.91 Å². The second-order valence-electron chi connectivity index (χ2n) is 14.8. The van der Waals surface area contributed by atoms with Crippen molar-refractivity contribution in [1.29, 1.82) is 0 Å². The van der Waals surface area contributed by atoms with Crippen molar-refractivity contribution in [1.82, 2.24) is 4.90 Å². The van der Waals surface area contributed by atoms with Crippen molar-refractivity contribution >= 4 is 20.3 Å². The lowest BCUT2D eigenvalue weighted by Gasteiger charge is -2.44. The van der Waals surface area contributed by atoms with E-state index in [0.29, 0.717) is 13.0 Å². The fraction of sp³-hybridized carbons (Fsp3) is 0.381. The minimum Gasteiger partial charge on any atom is -0.447 e. The highest BCUT2D eigenvalue weighted by Gasteiger charge is 2.47. The second kappa shape index (κ2) is 15.2. The maximum atomic E-state index is 14.4. The molecule has 0 aromatic heterocycles. The first-order chi connectivity index (χ1) is 23.3. The van der Waals surface area contributed by atoms with Crippen molar-refractivity contribution in [3.63, 3.8) is 0 Å². The Morgan fingerprint density at radius 3 is 1.69 bits per heavy atom. The second-order valence-corrected chi connectivity index (χ2v) is 19.6. The zero-order chi connectivity index (χ0) is 35.2. The maximum absolute atomic E-state index is 14.4. The Hall–Kier alpha value is -4.04. The van der Waals surface area contributed by atoms with Gasteiger partial charge in [-0.1, -0.05) is 156 Å². The molecule has 7 heteroatoms. The summed E-state index contributed by atoms with van der Waals surface area (Å²) in [5.41, 5.74) is 3.16. The molecule has 0 saturated carbocycles. The van der Waals surface area contributed by atoms with Gasteiger partial charge in [-0.05, 0) is 46.8 Å². The number of benzene rings is 4. The molecule has 258 valence electrons. The average molecular weight is 678 g/mol. The van der Waals surface area contributed by atoms with Gasteiger partial charge in [0.1, 0.15) is 12.2 Å². The lowest BCUT2D eigenvalue weighted by Crippen LogP contribution is -2.53. The van der Waals surface area contributed by atoms with Crippen LogP contribution < -0.4 is 0 Å². The van der Waals surface area contributed by atoms with E-state index in [9.17, 15) is 9.59 Å². The van der Waals surface area contributed by atoms with Crippen LogP contribution in [0, 0.1) is 11.8 Å². The Balaban J connectivity index is 1.50. The molecule has 1 aliphatic rings. The topological polar surface area (TPSA) is 65.1 Å². The number of ether oxygens (including phenoxy) is 2. The maximum Gasteiger partial charge on any atom is 0.416 e. The molecule has 2 amide bonds. The van der Waals surface area contributed by atoms with Crippen molar-refractivity contribution in [3.8, 4) is 0 Å². The van der Waals surface area contributed by atoms with Crippen LogP contribution in [0.15, 0.2) is 121 Å². The molecule has 4 aromatic rings. The lowest BCUT2D eigenvalue weighted by molar-refractivity contribution is -0.138. The molecule has 0 aliphatic carbocycles. The smallest absolute Gasteiger partial charge is 0.416 e. The zero-order valence-corrected chi connectivity index (χ0v) is 31.0. The number of hydrogen-bond acceptors (Lipinski definition) is 5. The van der Waals surface area contributed by atoms with Gasteiger partial charge in [0, 0.05) is 5.92 Å². The first-order valence-electron chi connectivity index (χ1n) is 17.4. The molecule has 1 saturated heterocycles. The Bertz CT molecular complexity index is 1560. The van der Waals surface area contributed by atoms with Gasteiger partial charge < -0.3 is 13.9 Å². The summed E-state index contributed by atoms with van der Waals surface area (Å²) in [5.74, 6) is -1.12. The number of amides is 2. The Morgan fingerprint density at radius 1 is 0.796 bits per heavy atom. The van der Waals surface area contributed by atoms with Crippen molar-refractivity contribution < 1.29 is 23.5 Å². The van der Waals surface area contributed by atoms with E-state index >= 15 is 0 Å². The number of carbonyl (C=O) groups excluding carboxylic acids is 2. The number of nitrogens with zero attached hydrogens (tertiary/aromatic N) is 1. The third kappa shape index (κ3) is 7.90. The van der Waals surface area contributed by atoms with Crippen LogP contribution in [0.25, 0.3) is 0 Å². The third-order valence-electron chi connectivity index (χ3n) is 10.3. The molecule has 1 fully saturated rings. The van der Waals surface area contributed by atoms with E-state index in [1.165, 1.54) is 4.90 Å². The Kier molecular flexibility index (Phi) is 11.3. The van der Waals surface area contributed by atoms with Crippen molar-refractivity contribution in [3.05, 3.63) is 144 Å². The van der Waals surface area contributed by atoms with Crippen LogP contribution in [0.5, 0.6) is 0 Å². The summed E-state index contributed by atoms with van der Waals surface area (Å²) in [6.45, 7) is 15.5. The van der Waals surface area contributed by atoms with Crippen molar-refractivity contribution in [2.45, 2.75) is 76.9 Å². The van der Waals surface area contributed by atoms with Gasteiger partial charge in [-0.2, -0.15) is 0 Å². The van der Waals surface area contributed by atoms with Crippen LogP contribution in [-0.4, -0.2) is 50.6 Å². The summed E-state index contributed by atoms with van der Waals surface area (Å²) in [5, 5.41) is -0.0983. The molecule has 0 spiro atoms. The lowest BCUT2D eigenvalue weighted by atomic mass is 9.80. The largest absolute Gasteiger partial charge is 0.447 e. The molecule has 0 radical (unpaired) electrons. The van der Waals surface area contributed by atoms with Crippen molar-refractivity contribution in [2.24, 2.45) is 11.8 Å². The fourth-order valence-corrected chi connectivity index (χ4v) is 7.95. The van der Waals surface area contributed by atoms with Crippen LogP contribution in [0.4, 0.5) is 4.79 Å². The van der Waals surface area contributed by atoms with Crippen LogP contribution in [0.2, 0.25) is 18.1 Å². The molecule has 49 heavy (non-hydrogen) atoms. The fourth-order valence-electron chi connectivity index (χ4n) is 6.47. The number of carbonyl (C=O) groups is 2. The van der Waals surface area contributed by atoms with Gasteiger partial charge in [0.25, 0.3) is 0 Å². The molecule has 1 heterocycles. The van der Waals surface area contributed by atoms with E-state index in [-0.39, 0.29) is 29.5 Å². The quantitative estimate of drug-likeness (QED) is 0.104. The van der Waals surface area contributed by atoms with E-state index < -0.39 is 32.0 Å². The minimum absolute atomic E-state index is 0.0983. The van der Waals surface area contributed by atoms with Gasteiger partial charge in [0.15, 0.2) is 8.32 Å². The summed E-state index contributed by atoms with van der Waals surface area (Å²) in [6, 6.07) is 40.4. The highest BCUT2D eigenvalue weighted by atomic mass is 28.4. The normalized spacial score (nSPS) is 17.3. The molecular formula is C42H51NO5Si. The summed E-state index contributed by atoms with van der Waals surface area (Å²) in [4.78, 5) is 28.9. The van der Waals surface area contributed by atoms with E-state index in [1.807, 2.05) is 91.9 Å². The van der Waals surface area contributed by atoms with E-state index in [2.05, 4.69) is 77.2 Å². The number of imide groups is 1. The van der Waals surface area contributed by atoms with Gasteiger partial charge in [0.05, 0.1) is 24.7 Å². The average Bonchev–Trinajstić information content (AvgIpc) is 3.47. The molecule has 0 bridgehead atoms. The van der Waals surface area contributed by atoms with Crippen LogP contribution in [0.1, 0.15) is 56.9 Å². The molecule has 1 aliphatic heterocycles. The summed E-state index contributed by atoms with van der Waals surface area (Å²) in [7, 11) is -2.38. The Morgan fingerprint density at radius 2 is 1.24 bits per heavy atom. The van der Waals surface area contributed by atoms with Gasteiger partial charge in [-0.3, -0.25) is 4.79 Å². The number of hydrogen-bond donors (Lipinski definition) is 0. The SMILES string of the molecule is C[C@H](C(=O)N1C(=O)OC[C@@H]1Cc1ccccc1)[C@H](O[Si](C)(C)C(C)(C)C)[C@@H](C)COC(c1ccccc1)(c1ccccc1)c1ccccc1. The van der Waals surface area contributed by atoms with E-state index in [4.69, 9.17) is 13.9 Å². The minimum atomic E-state index is -2.38.